The van der Waals surface area contributed by atoms with Crippen LogP contribution in [0.3, 0.4) is 0 Å². The number of ether oxygens (including phenoxy) is 1. The molecule has 1 atom stereocenters. The number of rotatable bonds is 4. The molecule has 2 nitrogen and oxygen atoms in total. The van der Waals surface area contributed by atoms with Crippen molar-refractivity contribution in [2.24, 2.45) is 5.73 Å². The minimum atomic E-state index is -0.0209. The SMILES string of the molecule is Cc1cccc(COc2ccc(C)cc2C(C)N)c1. The van der Waals surface area contributed by atoms with Crippen LogP contribution in [0.15, 0.2) is 42.5 Å². The van der Waals surface area contributed by atoms with Crippen molar-refractivity contribution < 1.29 is 4.74 Å². The van der Waals surface area contributed by atoms with Crippen LogP contribution in [-0.4, -0.2) is 0 Å². The number of benzene rings is 2. The Kier molecular flexibility index (Phi) is 4.23. The molecule has 0 aromatic heterocycles. The molecule has 0 amide bonds. The molecule has 2 aromatic carbocycles. The van der Waals surface area contributed by atoms with Crippen LogP contribution < -0.4 is 10.5 Å². The van der Waals surface area contributed by atoms with Gasteiger partial charge in [-0.2, -0.15) is 0 Å². The van der Waals surface area contributed by atoms with E-state index in [1.807, 2.05) is 13.0 Å². The summed E-state index contributed by atoms with van der Waals surface area (Å²) < 4.78 is 5.91. The molecule has 0 fully saturated rings. The van der Waals surface area contributed by atoms with Crippen LogP contribution in [0.4, 0.5) is 0 Å². The van der Waals surface area contributed by atoms with Gasteiger partial charge >= 0.3 is 0 Å². The molecule has 0 radical (unpaired) electrons. The first-order valence-electron chi connectivity index (χ1n) is 6.61. The summed E-state index contributed by atoms with van der Waals surface area (Å²) in [4.78, 5) is 0. The highest BCUT2D eigenvalue weighted by Crippen LogP contribution is 2.25. The fourth-order valence-electron chi connectivity index (χ4n) is 2.12. The third-order valence-electron chi connectivity index (χ3n) is 3.13. The molecular formula is C17H21NO. The van der Waals surface area contributed by atoms with Gasteiger partial charge in [0, 0.05) is 11.6 Å². The number of hydrogen-bond acceptors (Lipinski definition) is 2. The molecule has 0 bridgehead atoms. The summed E-state index contributed by atoms with van der Waals surface area (Å²) in [6, 6.07) is 14.5. The molecular weight excluding hydrogens is 234 g/mol. The standard InChI is InChI=1S/C17H21NO/c1-12-5-4-6-15(9-12)11-19-17-8-7-13(2)10-16(17)14(3)18/h4-10,14H,11,18H2,1-3H3. The Labute approximate surface area is 115 Å². The zero-order valence-corrected chi connectivity index (χ0v) is 11.8. The van der Waals surface area contributed by atoms with Crippen LogP contribution in [-0.2, 0) is 6.61 Å². The molecule has 19 heavy (non-hydrogen) atoms. The molecule has 0 aliphatic carbocycles. The number of nitrogens with two attached hydrogens (primary N) is 1. The van der Waals surface area contributed by atoms with Gasteiger partial charge < -0.3 is 10.5 Å². The lowest BCUT2D eigenvalue weighted by Crippen LogP contribution is -2.08. The number of aryl methyl sites for hydroxylation is 2. The van der Waals surface area contributed by atoms with Crippen LogP contribution in [0.5, 0.6) is 5.75 Å². The summed E-state index contributed by atoms with van der Waals surface area (Å²) in [5.74, 6) is 0.877. The fourth-order valence-corrected chi connectivity index (χ4v) is 2.12. The van der Waals surface area contributed by atoms with E-state index in [-0.39, 0.29) is 6.04 Å². The van der Waals surface area contributed by atoms with Crippen LogP contribution in [0, 0.1) is 13.8 Å². The van der Waals surface area contributed by atoms with E-state index in [2.05, 4.69) is 50.2 Å². The predicted molar refractivity (Wildman–Crippen MR) is 79.3 cm³/mol. The molecule has 0 heterocycles. The highest BCUT2D eigenvalue weighted by molar-refractivity contribution is 5.39. The Morgan fingerprint density at radius 2 is 1.79 bits per heavy atom. The van der Waals surface area contributed by atoms with Gasteiger partial charge in [-0.1, -0.05) is 47.5 Å². The lowest BCUT2D eigenvalue weighted by molar-refractivity contribution is 0.301. The number of hydrogen-bond donors (Lipinski definition) is 1. The van der Waals surface area contributed by atoms with Crippen molar-refractivity contribution in [3.8, 4) is 5.75 Å². The first-order valence-corrected chi connectivity index (χ1v) is 6.61. The van der Waals surface area contributed by atoms with Crippen molar-refractivity contribution >= 4 is 0 Å². The maximum atomic E-state index is 6.00. The van der Waals surface area contributed by atoms with Gasteiger partial charge in [-0.05, 0) is 32.4 Å². The summed E-state index contributed by atoms with van der Waals surface area (Å²) in [6.07, 6.45) is 0. The molecule has 2 rings (SSSR count). The summed E-state index contributed by atoms with van der Waals surface area (Å²) in [5.41, 5.74) is 10.7. The van der Waals surface area contributed by atoms with Gasteiger partial charge in [-0.25, -0.2) is 0 Å². The second-order valence-corrected chi connectivity index (χ2v) is 5.11. The van der Waals surface area contributed by atoms with Crippen molar-refractivity contribution in [1.82, 2.24) is 0 Å². The maximum Gasteiger partial charge on any atom is 0.124 e. The lowest BCUT2D eigenvalue weighted by Gasteiger charge is -2.15. The molecule has 100 valence electrons. The third kappa shape index (κ3) is 3.58. The largest absolute Gasteiger partial charge is 0.489 e. The van der Waals surface area contributed by atoms with Gasteiger partial charge in [0.05, 0.1) is 0 Å². The Balaban J connectivity index is 2.15. The van der Waals surface area contributed by atoms with E-state index in [1.165, 1.54) is 16.7 Å². The molecule has 2 N–H and O–H groups in total. The third-order valence-corrected chi connectivity index (χ3v) is 3.13. The van der Waals surface area contributed by atoms with E-state index in [0.717, 1.165) is 11.3 Å². The van der Waals surface area contributed by atoms with Crippen LogP contribution in [0.2, 0.25) is 0 Å². The Bertz CT molecular complexity index is 561. The van der Waals surface area contributed by atoms with Gasteiger partial charge in [0.25, 0.3) is 0 Å². The second-order valence-electron chi connectivity index (χ2n) is 5.11. The van der Waals surface area contributed by atoms with Crippen molar-refractivity contribution in [3.63, 3.8) is 0 Å². The van der Waals surface area contributed by atoms with E-state index in [0.29, 0.717) is 6.61 Å². The zero-order chi connectivity index (χ0) is 13.8. The Hall–Kier alpha value is -1.80. The van der Waals surface area contributed by atoms with E-state index < -0.39 is 0 Å². The second kappa shape index (κ2) is 5.89. The van der Waals surface area contributed by atoms with Crippen LogP contribution in [0.1, 0.15) is 35.2 Å². The van der Waals surface area contributed by atoms with Crippen molar-refractivity contribution in [2.75, 3.05) is 0 Å². The molecule has 2 aromatic rings. The van der Waals surface area contributed by atoms with Gasteiger partial charge in [0.1, 0.15) is 12.4 Å². The van der Waals surface area contributed by atoms with E-state index in [4.69, 9.17) is 10.5 Å². The predicted octanol–water partition coefficient (Wildman–Crippen LogP) is 3.90. The average Bonchev–Trinajstić information content (AvgIpc) is 2.37. The Morgan fingerprint density at radius 3 is 2.47 bits per heavy atom. The lowest BCUT2D eigenvalue weighted by atomic mass is 10.1. The van der Waals surface area contributed by atoms with Crippen molar-refractivity contribution in [3.05, 3.63) is 64.7 Å². The molecule has 0 saturated heterocycles. The van der Waals surface area contributed by atoms with E-state index >= 15 is 0 Å². The van der Waals surface area contributed by atoms with Crippen molar-refractivity contribution in [1.29, 1.82) is 0 Å². The average molecular weight is 255 g/mol. The van der Waals surface area contributed by atoms with Crippen molar-refractivity contribution in [2.45, 2.75) is 33.4 Å². The van der Waals surface area contributed by atoms with Crippen LogP contribution in [0.25, 0.3) is 0 Å². The molecule has 0 spiro atoms. The maximum absolute atomic E-state index is 6.00. The molecule has 0 aliphatic heterocycles. The fraction of sp³-hybridized carbons (Fsp3) is 0.294. The highest BCUT2D eigenvalue weighted by atomic mass is 16.5. The summed E-state index contributed by atoms with van der Waals surface area (Å²) in [5, 5.41) is 0. The smallest absolute Gasteiger partial charge is 0.124 e. The summed E-state index contributed by atoms with van der Waals surface area (Å²) >= 11 is 0. The Morgan fingerprint density at radius 1 is 1.05 bits per heavy atom. The van der Waals surface area contributed by atoms with Gasteiger partial charge in [0.2, 0.25) is 0 Å². The zero-order valence-electron chi connectivity index (χ0n) is 11.8. The molecule has 0 aliphatic rings. The first kappa shape index (κ1) is 13.6. The minimum Gasteiger partial charge on any atom is -0.489 e. The van der Waals surface area contributed by atoms with Gasteiger partial charge in [0.15, 0.2) is 0 Å². The molecule has 0 saturated carbocycles. The minimum absolute atomic E-state index is 0.0209. The topological polar surface area (TPSA) is 35.2 Å². The van der Waals surface area contributed by atoms with E-state index in [1.54, 1.807) is 0 Å². The van der Waals surface area contributed by atoms with Gasteiger partial charge in [-0.3, -0.25) is 0 Å². The first-order chi connectivity index (χ1) is 9.06. The summed E-state index contributed by atoms with van der Waals surface area (Å²) in [7, 11) is 0. The summed E-state index contributed by atoms with van der Waals surface area (Å²) in [6.45, 7) is 6.71. The highest BCUT2D eigenvalue weighted by Gasteiger charge is 2.08. The monoisotopic (exact) mass is 255 g/mol. The van der Waals surface area contributed by atoms with E-state index in [9.17, 15) is 0 Å². The quantitative estimate of drug-likeness (QED) is 0.899. The normalized spacial score (nSPS) is 12.2. The van der Waals surface area contributed by atoms with Gasteiger partial charge in [-0.15, -0.1) is 0 Å². The molecule has 1 unspecified atom stereocenters. The molecule has 2 heteroatoms. The van der Waals surface area contributed by atoms with Crippen LogP contribution >= 0.6 is 0 Å².